The number of nitrogens with one attached hydrogen (secondary N) is 1. The van der Waals surface area contributed by atoms with Gasteiger partial charge >= 0.3 is 0 Å². The summed E-state index contributed by atoms with van der Waals surface area (Å²) >= 11 is 1.80. The summed E-state index contributed by atoms with van der Waals surface area (Å²) in [4.78, 5) is 20.6. The zero-order valence-electron chi connectivity index (χ0n) is 14.0. The fourth-order valence-corrected chi connectivity index (χ4v) is 3.98. The van der Waals surface area contributed by atoms with Gasteiger partial charge in [-0.1, -0.05) is 17.7 Å². The van der Waals surface area contributed by atoms with Gasteiger partial charge in [0.2, 0.25) is 0 Å². The van der Waals surface area contributed by atoms with Crippen LogP contribution in [0.3, 0.4) is 0 Å². The number of nitrogens with zero attached hydrogens (tertiary/aromatic N) is 4. The fraction of sp³-hybridized carbons (Fsp3) is 0.222. The molecule has 1 aliphatic rings. The molecule has 1 aromatic carbocycles. The Morgan fingerprint density at radius 3 is 2.88 bits per heavy atom. The molecule has 0 bridgehead atoms. The number of thioether (sulfide) groups is 1. The molecule has 7 heteroatoms. The summed E-state index contributed by atoms with van der Waals surface area (Å²) < 4.78 is 1.84. The number of fused-ring (bicyclic) bond motifs is 1. The Labute approximate surface area is 149 Å². The number of anilines is 1. The largest absolute Gasteiger partial charge is 0.305 e. The Hall–Kier alpha value is -2.67. The number of rotatable bonds is 3. The maximum Gasteiger partial charge on any atom is 0.277 e. The molecule has 25 heavy (non-hydrogen) atoms. The molecule has 0 saturated carbocycles. The summed E-state index contributed by atoms with van der Waals surface area (Å²) in [7, 11) is 0. The summed E-state index contributed by atoms with van der Waals surface area (Å²) in [5.41, 5.74) is 5.68. The summed E-state index contributed by atoms with van der Waals surface area (Å²) in [6.45, 7) is 4.12. The number of benzene rings is 1. The Kier molecular flexibility index (Phi) is 4.01. The van der Waals surface area contributed by atoms with E-state index in [0.29, 0.717) is 0 Å². The van der Waals surface area contributed by atoms with Crippen molar-refractivity contribution >= 4 is 23.5 Å². The Morgan fingerprint density at radius 2 is 2.12 bits per heavy atom. The van der Waals surface area contributed by atoms with E-state index in [1.165, 1.54) is 18.0 Å². The van der Waals surface area contributed by atoms with E-state index in [0.717, 1.165) is 39.8 Å². The summed E-state index contributed by atoms with van der Waals surface area (Å²) in [6.07, 6.45) is 4.52. The predicted octanol–water partition coefficient (Wildman–Crippen LogP) is 3.28. The van der Waals surface area contributed by atoms with Crippen LogP contribution >= 0.6 is 11.8 Å². The second kappa shape index (κ2) is 6.33. The minimum Gasteiger partial charge on any atom is -0.305 e. The molecule has 126 valence electrons. The number of hydrogen-bond acceptors (Lipinski definition) is 5. The van der Waals surface area contributed by atoms with Crippen molar-refractivity contribution < 1.29 is 4.79 Å². The highest BCUT2D eigenvalue weighted by Crippen LogP contribution is 2.36. The van der Waals surface area contributed by atoms with Gasteiger partial charge in [0, 0.05) is 29.5 Å². The van der Waals surface area contributed by atoms with E-state index in [9.17, 15) is 4.79 Å². The number of carbonyl (C=O) groups excluding carboxylic acids is 1. The highest BCUT2D eigenvalue weighted by Gasteiger charge is 2.25. The van der Waals surface area contributed by atoms with Gasteiger partial charge in [0.15, 0.2) is 0 Å². The standard InChI is InChI=1S/C18H17N5OS/c1-11-3-4-16(12(2)7-11)23-17(13-9-25-10-15(13)22-23)21-18(24)14-8-19-5-6-20-14/h3-8H,9-10H2,1-2H3,(H,21,24). The van der Waals surface area contributed by atoms with E-state index in [-0.39, 0.29) is 11.6 Å². The first-order chi connectivity index (χ1) is 12.1. The van der Waals surface area contributed by atoms with Crippen LogP contribution in [0.2, 0.25) is 0 Å². The second-order valence-electron chi connectivity index (χ2n) is 6.01. The van der Waals surface area contributed by atoms with Gasteiger partial charge < -0.3 is 5.32 Å². The molecule has 0 aliphatic carbocycles. The third-order valence-electron chi connectivity index (χ3n) is 4.16. The third kappa shape index (κ3) is 2.91. The smallest absolute Gasteiger partial charge is 0.277 e. The maximum atomic E-state index is 12.6. The molecule has 6 nitrogen and oxygen atoms in total. The average Bonchev–Trinajstić information content (AvgIpc) is 3.18. The van der Waals surface area contributed by atoms with Crippen molar-refractivity contribution in [2.24, 2.45) is 0 Å². The van der Waals surface area contributed by atoms with Crippen molar-refractivity contribution in [1.29, 1.82) is 0 Å². The molecule has 1 amide bonds. The molecule has 0 saturated heterocycles. The highest BCUT2D eigenvalue weighted by molar-refractivity contribution is 7.98. The van der Waals surface area contributed by atoms with Crippen LogP contribution in [-0.4, -0.2) is 25.7 Å². The number of aryl methyl sites for hydroxylation is 2. The molecule has 1 aliphatic heterocycles. The molecule has 0 atom stereocenters. The van der Waals surface area contributed by atoms with Gasteiger partial charge in [-0.3, -0.25) is 9.78 Å². The van der Waals surface area contributed by atoms with Gasteiger partial charge in [-0.15, -0.1) is 0 Å². The summed E-state index contributed by atoms with van der Waals surface area (Å²) in [5.74, 6) is 2.15. The lowest BCUT2D eigenvalue weighted by Gasteiger charge is -2.13. The molecule has 2 aromatic heterocycles. The molecular weight excluding hydrogens is 334 g/mol. The van der Waals surface area contributed by atoms with Gasteiger partial charge in [-0.05, 0) is 25.5 Å². The van der Waals surface area contributed by atoms with Gasteiger partial charge in [0.25, 0.3) is 5.91 Å². The first kappa shape index (κ1) is 15.8. The van der Waals surface area contributed by atoms with Crippen LogP contribution in [0.5, 0.6) is 0 Å². The molecule has 4 rings (SSSR count). The Morgan fingerprint density at radius 1 is 1.24 bits per heavy atom. The van der Waals surface area contributed by atoms with Crippen LogP contribution in [0.1, 0.15) is 32.9 Å². The zero-order valence-corrected chi connectivity index (χ0v) is 14.8. The van der Waals surface area contributed by atoms with E-state index in [1.807, 2.05) is 10.7 Å². The average molecular weight is 351 g/mol. The number of hydrogen-bond donors (Lipinski definition) is 1. The number of aromatic nitrogens is 4. The SMILES string of the molecule is Cc1ccc(-n2nc3c(c2NC(=O)c2cnccn2)CSC3)c(C)c1. The second-order valence-corrected chi connectivity index (χ2v) is 7.00. The van der Waals surface area contributed by atoms with Crippen LogP contribution in [0, 0.1) is 13.8 Å². The van der Waals surface area contributed by atoms with Crippen molar-refractivity contribution in [2.45, 2.75) is 25.4 Å². The summed E-state index contributed by atoms with van der Waals surface area (Å²) in [5, 5.41) is 7.74. The van der Waals surface area contributed by atoms with Crippen molar-refractivity contribution in [3.05, 3.63) is 64.9 Å². The lowest BCUT2D eigenvalue weighted by Crippen LogP contribution is -2.18. The molecular formula is C18H17N5OS. The quantitative estimate of drug-likeness (QED) is 0.784. The van der Waals surface area contributed by atoms with E-state index < -0.39 is 0 Å². The maximum absolute atomic E-state index is 12.6. The molecule has 3 heterocycles. The number of carbonyl (C=O) groups is 1. The first-order valence-corrected chi connectivity index (χ1v) is 9.12. The number of amides is 1. The molecule has 0 spiro atoms. The van der Waals surface area contributed by atoms with E-state index in [1.54, 1.807) is 18.0 Å². The lowest BCUT2D eigenvalue weighted by molar-refractivity contribution is 0.102. The third-order valence-corrected chi connectivity index (χ3v) is 5.13. The molecule has 0 unspecified atom stereocenters. The Balaban J connectivity index is 1.77. The normalized spacial score (nSPS) is 12.9. The van der Waals surface area contributed by atoms with E-state index >= 15 is 0 Å². The van der Waals surface area contributed by atoms with Crippen LogP contribution in [0.4, 0.5) is 5.82 Å². The van der Waals surface area contributed by atoms with Gasteiger partial charge in [0.1, 0.15) is 11.5 Å². The zero-order chi connectivity index (χ0) is 17.4. The fourth-order valence-electron chi connectivity index (χ4n) is 2.95. The van der Waals surface area contributed by atoms with Crippen LogP contribution in [0.25, 0.3) is 5.69 Å². The van der Waals surface area contributed by atoms with Crippen molar-refractivity contribution in [1.82, 2.24) is 19.7 Å². The molecule has 0 radical (unpaired) electrons. The van der Waals surface area contributed by atoms with E-state index in [2.05, 4.69) is 41.3 Å². The van der Waals surface area contributed by atoms with E-state index in [4.69, 9.17) is 5.10 Å². The minimum atomic E-state index is -0.279. The Bertz CT molecular complexity index is 952. The summed E-state index contributed by atoms with van der Waals surface area (Å²) in [6, 6.07) is 6.21. The van der Waals surface area contributed by atoms with Crippen LogP contribution < -0.4 is 5.32 Å². The molecule has 3 aromatic rings. The van der Waals surface area contributed by atoms with Gasteiger partial charge in [-0.2, -0.15) is 16.9 Å². The van der Waals surface area contributed by atoms with Gasteiger partial charge in [0.05, 0.1) is 17.6 Å². The van der Waals surface area contributed by atoms with Gasteiger partial charge in [-0.25, -0.2) is 9.67 Å². The minimum absolute atomic E-state index is 0.279. The monoisotopic (exact) mass is 351 g/mol. The molecule has 1 N–H and O–H groups in total. The molecule has 0 fully saturated rings. The first-order valence-electron chi connectivity index (χ1n) is 7.97. The lowest BCUT2D eigenvalue weighted by atomic mass is 10.1. The van der Waals surface area contributed by atoms with Crippen molar-refractivity contribution in [3.8, 4) is 5.69 Å². The topological polar surface area (TPSA) is 72.7 Å². The van der Waals surface area contributed by atoms with Crippen molar-refractivity contribution in [2.75, 3.05) is 5.32 Å². The van der Waals surface area contributed by atoms with Crippen LogP contribution in [0.15, 0.2) is 36.8 Å². The highest BCUT2D eigenvalue weighted by atomic mass is 32.2. The predicted molar refractivity (Wildman–Crippen MR) is 98.0 cm³/mol. The van der Waals surface area contributed by atoms with Crippen LogP contribution in [-0.2, 0) is 11.5 Å². The van der Waals surface area contributed by atoms with Crippen molar-refractivity contribution in [3.63, 3.8) is 0 Å².